The van der Waals surface area contributed by atoms with Gasteiger partial charge in [0.2, 0.25) is 0 Å². The van der Waals surface area contributed by atoms with E-state index >= 15 is 0 Å². The van der Waals surface area contributed by atoms with Crippen LogP contribution in [-0.2, 0) is 15.5 Å². The summed E-state index contributed by atoms with van der Waals surface area (Å²) in [7, 11) is 0.905. The van der Waals surface area contributed by atoms with Crippen LogP contribution < -0.4 is 0 Å². The number of pyridine rings is 1. The molecule has 0 saturated carbocycles. The van der Waals surface area contributed by atoms with Crippen LogP contribution in [0.15, 0.2) is 12.3 Å². The minimum atomic E-state index is -3.71. The van der Waals surface area contributed by atoms with Crippen molar-refractivity contribution in [1.82, 2.24) is 15.2 Å². The number of aromatic amines is 1. The van der Waals surface area contributed by atoms with E-state index in [-0.39, 0.29) is 0 Å². The Morgan fingerprint density at radius 2 is 2.24 bits per heavy atom. The van der Waals surface area contributed by atoms with E-state index in [1.54, 1.807) is 6.92 Å². The molecule has 0 saturated heterocycles. The third kappa shape index (κ3) is 1.73. The lowest BCUT2D eigenvalue weighted by Crippen LogP contribution is -2.27. The summed E-state index contributed by atoms with van der Waals surface area (Å²) in [5, 5.41) is 6.39. The molecule has 0 aromatic carbocycles. The Morgan fingerprint density at radius 3 is 2.88 bits per heavy atom. The van der Waals surface area contributed by atoms with Crippen molar-refractivity contribution in [2.75, 3.05) is 7.11 Å². The van der Waals surface area contributed by atoms with Gasteiger partial charge in [-0.25, -0.2) is 4.79 Å². The lowest BCUT2D eigenvalue weighted by molar-refractivity contribution is -0.170. The number of hydrogen-bond donors (Lipinski definition) is 1. The molecule has 0 fully saturated rings. The first kappa shape index (κ1) is 11.4. The number of carbonyl (C=O) groups is 1. The summed E-state index contributed by atoms with van der Waals surface area (Å²) in [6.07, 6.45) is 0.946. The molecule has 0 unspecified atom stereocenters. The summed E-state index contributed by atoms with van der Waals surface area (Å²) in [6, 6.07) is 1.14. The lowest BCUT2D eigenvalue weighted by Gasteiger charge is -2.13. The number of alkyl halides is 2. The van der Waals surface area contributed by atoms with E-state index in [4.69, 9.17) is 0 Å². The normalized spacial score (nSPS) is 11.8. The maximum Gasteiger partial charge on any atom is 0.381 e. The van der Waals surface area contributed by atoms with Crippen molar-refractivity contribution >= 4 is 17.0 Å². The monoisotopic (exact) mass is 241 g/mol. The molecule has 90 valence electrons. The van der Waals surface area contributed by atoms with Crippen LogP contribution in [-0.4, -0.2) is 28.3 Å². The first-order valence-corrected chi connectivity index (χ1v) is 4.74. The van der Waals surface area contributed by atoms with Crippen molar-refractivity contribution in [3.8, 4) is 0 Å². The predicted octanol–water partition coefficient (Wildman–Crippen LogP) is 1.53. The molecule has 5 nitrogen and oxygen atoms in total. The largest absolute Gasteiger partial charge is 0.464 e. The van der Waals surface area contributed by atoms with E-state index in [9.17, 15) is 13.6 Å². The molecule has 0 radical (unpaired) electrons. The fourth-order valence-electron chi connectivity index (χ4n) is 1.45. The molecular formula is C10H9F2N3O2. The van der Waals surface area contributed by atoms with E-state index in [2.05, 4.69) is 19.9 Å². The van der Waals surface area contributed by atoms with Crippen LogP contribution in [0.2, 0.25) is 0 Å². The number of H-pyrrole nitrogens is 1. The molecule has 2 heterocycles. The van der Waals surface area contributed by atoms with Gasteiger partial charge < -0.3 is 4.74 Å². The van der Waals surface area contributed by atoms with Gasteiger partial charge >= 0.3 is 11.9 Å². The number of nitrogens with zero attached hydrogens (tertiary/aromatic N) is 2. The third-order valence-corrected chi connectivity index (χ3v) is 2.38. The van der Waals surface area contributed by atoms with Gasteiger partial charge in [-0.1, -0.05) is 0 Å². The molecule has 0 atom stereocenters. The Hall–Kier alpha value is -2.05. The first-order valence-electron chi connectivity index (χ1n) is 4.74. The standard InChI is InChI=1S/C10H9F2N3O2/c1-5-8-7(15-14-5)3-6(4-13-8)10(11,12)9(16)17-2/h3-4H,1-2H3,(H,14,15). The predicted molar refractivity (Wildman–Crippen MR) is 54.5 cm³/mol. The molecule has 0 amide bonds. The summed E-state index contributed by atoms with van der Waals surface area (Å²) in [4.78, 5) is 14.8. The quantitative estimate of drug-likeness (QED) is 0.809. The smallest absolute Gasteiger partial charge is 0.381 e. The van der Waals surface area contributed by atoms with E-state index in [0.29, 0.717) is 16.7 Å². The summed E-state index contributed by atoms with van der Waals surface area (Å²) in [5.41, 5.74) is 0.923. The second-order valence-electron chi connectivity index (χ2n) is 3.50. The van der Waals surface area contributed by atoms with Gasteiger partial charge in [-0.2, -0.15) is 13.9 Å². The molecule has 2 rings (SSSR count). The zero-order valence-electron chi connectivity index (χ0n) is 9.12. The van der Waals surface area contributed by atoms with Crippen LogP contribution >= 0.6 is 0 Å². The number of hydrogen-bond acceptors (Lipinski definition) is 4. The van der Waals surface area contributed by atoms with E-state index in [0.717, 1.165) is 19.4 Å². The van der Waals surface area contributed by atoms with Crippen molar-refractivity contribution in [2.24, 2.45) is 0 Å². The molecular weight excluding hydrogens is 232 g/mol. The molecule has 0 aliphatic carbocycles. The first-order chi connectivity index (χ1) is 7.96. The topological polar surface area (TPSA) is 67.9 Å². The molecule has 2 aromatic rings. The van der Waals surface area contributed by atoms with Gasteiger partial charge in [0.15, 0.2) is 0 Å². The Balaban J connectivity index is 2.53. The lowest BCUT2D eigenvalue weighted by atomic mass is 10.1. The highest BCUT2D eigenvalue weighted by Crippen LogP contribution is 2.30. The average molecular weight is 241 g/mol. The number of aryl methyl sites for hydroxylation is 1. The maximum atomic E-state index is 13.5. The van der Waals surface area contributed by atoms with Gasteiger partial charge in [0.1, 0.15) is 5.52 Å². The Morgan fingerprint density at radius 1 is 1.53 bits per heavy atom. The fourth-order valence-corrected chi connectivity index (χ4v) is 1.45. The van der Waals surface area contributed by atoms with E-state index in [1.807, 2.05) is 0 Å². The number of methoxy groups -OCH3 is 1. The van der Waals surface area contributed by atoms with Crippen LogP contribution in [0.5, 0.6) is 0 Å². The van der Waals surface area contributed by atoms with Crippen LogP contribution in [0, 0.1) is 6.92 Å². The molecule has 7 heteroatoms. The van der Waals surface area contributed by atoms with Gasteiger partial charge in [0, 0.05) is 6.20 Å². The molecule has 0 aliphatic rings. The number of esters is 1. The second-order valence-corrected chi connectivity index (χ2v) is 3.50. The van der Waals surface area contributed by atoms with Crippen LogP contribution in [0.1, 0.15) is 11.3 Å². The Bertz CT molecular complexity index is 580. The van der Waals surface area contributed by atoms with Crippen molar-refractivity contribution in [1.29, 1.82) is 0 Å². The SMILES string of the molecule is COC(=O)C(F)(F)c1cnc2c(C)n[nH]c2c1. The minimum absolute atomic E-state index is 0.351. The zero-order valence-corrected chi connectivity index (χ0v) is 9.12. The Labute approximate surface area is 94.8 Å². The summed E-state index contributed by atoms with van der Waals surface area (Å²) in [5.74, 6) is -5.33. The van der Waals surface area contributed by atoms with Crippen molar-refractivity contribution in [3.05, 3.63) is 23.5 Å². The van der Waals surface area contributed by atoms with Crippen molar-refractivity contribution in [3.63, 3.8) is 0 Å². The molecule has 1 N–H and O–H groups in total. The van der Waals surface area contributed by atoms with E-state index < -0.39 is 17.5 Å². The average Bonchev–Trinajstić information content (AvgIpc) is 2.69. The molecule has 0 spiro atoms. The molecule has 2 aromatic heterocycles. The van der Waals surface area contributed by atoms with E-state index in [1.165, 1.54) is 0 Å². The number of aromatic nitrogens is 3. The van der Waals surface area contributed by atoms with Crippen molar-refractivity contribution < 1.29 is 18.3 Å². The third-order valence-electron chi connectivity index (χ3n) is 2.38. The highest BCUT2D eigenvalue weighted by atomic mass is 19.3. The highest BCUT2D eigenvalue weighted by molar-refractivity contribution is 5.82. The number of carbonyl (C=O) groups excluding carboxylic acids is 1. The number of halogens is 2. The minimum Gasteiger partial charge on any atom is -0.464 e. The summed E-state index contributed by atoms with van der Waals surface area (Å²) < 4.78 is 31.1. The van der Waals surface area contributed by atoms with Crippen LogP contribution in [0.4, 0.5) is 8.78 Å². The Kier molecular flexibility index (Phi) is 2.53. The van der Waals surface area contributed by atoms with Gasteiger partial charge in [-0.3, -0.25) is 10.1 Å². The second kappa shape index (κ2) is 3.76. The van der Waals surface area contributed by atoms with Gasteiger partial charge in [-0.05, 0) is 13.0 Å². The van der Waals surface area contributed by atoms with Gasteiger partial charge in [0.25, 0.3) is 0 Å². The zero-order chi connectivity index (χ0) is 12.6. The number of ether oxygens (including phenoxy) is 1. The summed E-state index contributed by atoms with van der Waals surface area (Å²) in [6.45, 7) is 1.70. The van der Waals surface area contributed by atoms with Crippen LogP contribution in [0.3, 0.4) is 0 Å². The number of nitrogens with one attached hydrogen (secondary N) is 1. The summed E-state index contributed by atoms with van der Waals surface area (Å²) >= 11 is 0. The van der Waals surface area contributed by atoms with Crippen LogP contribution in [0.25, 0.3) is 11.0 Å². The molecule has 0 aliphatic heterocycles. The highest BCUT2D eigenvalue weighted by Gasteiger charge is 2.42. The van der Waals surface area contributed by atoms with Crippen molar-refractivity contribution in [2.45, 2.75) is 12.8 Å². The molecule has 0 bridgehead atoms. The molecule has 17 heavy (non-hydrogen) atoms. The van der Waals surface area contributed by atoms with Gasteiger partial charge in [0.05, 0.1) is 23.9 Å². The maximum absolute atomic E-state index is 13.5. The number of rotatable bonds is 2. The fraction of sp³-hybridized carbons (Fsp3) is 0.300. The van der Waals surface area contributed by atoms with Gasteiger partial charge in [-0.15, -0.1) is 0 Å². The number of fused-ring (bicyclic) bond motifs is 1.